The summed E-state index contributed by atoms with van der Waals surface area (Å²) < 4.78 is 24.1. The van der Waals surface area contributed by atoms with Crippen LogP contribution in [0.1, 0.15) is 16.2 Å². The van der Waals surface area contributed by atoms with Crippen LogP contribution < -0.4 is 15.8 Å². The molecule has 3 aromatic rings. The van der Waals surface area contributed by atoms with Gasteiger partial charge in [-0.05, 0) is 30.3 Å². The Morgan fingerprint density at radius 1 is 1.21 bits per heavy atom. The maximum absolute atomic E-state index is 13.8. The van der Waals surface area contributed by atoms with E-state index in [4.69, 9.17) is 26.8 Å². The van der Waals surface area contributed by atoms with E-state index in [0.29, 0.717) is 11.4 Å². The molecule has 0 saturated carbocycles. The maximum Gasteiger partial charge on any atom is 0.341 e. The fraction of sp³-hybridized carbons (Fsp3) is 0.111. The fourth-order valence-corrected chi connectivity index (χ4v) is 2.45. The van der Waals surface area contributed by atoms with Crippen molar-refractivity contribution in [2.45, 2.75) is 6.61 Å². The Morgan fingerprint density at radius 3 is 2.75 bits per heavy atom. The average molecular weight is 404 g/mol. The van der Waals surface area contributed by atoms with Crippen LogP contribution in [0.3, 0.4) is 0 Å². The number of nitrogens with one attached hydrogen (secondary N) is 1. The van der Waals surface area contributed by atoms with Gasteiger partial charge in [0.25, 0.3) is 0 Å². The second-order valence-electron chi connectivity index (χ2n) is 5.46. The molecule has 0 fully saturated rings. The van der Waals surface area contributed by atoms with Gasteiger partial charge in [-0.3, -0.25) is 0 Å². The minimum atomic E-state index is -0.882. The van der Waals surface area contributed by atoms with Gasteiger partial charge in [-0.1, -0.05) is 23.7 Å². The zero-order valence-electron chi connectivity index (χ0n) is 14.6. The van der Waals surface area contributed by atoms with Crippen LogP contribution in [0.4, 0.5) is 22.0 Å². The van der Waals surface area contributed by atoms with E-state index in [0.717, 1.165) is 6.07 Å². The van der Waals surface area contributed by atoms with Crippen molar-refractivity contribution < 1.29 is 18.7 Å². The van der Waals surface area contributed by atoms with Crippen LogP contribution in [-0.4, -0.2) is 28.0 Å². The molecule has 2 aromatic carbocycles. The number of carbonyl (C=O) groups is 1. The molecule has 0 aliphatic heterocycles. The van der Waals surface area contributed by atoms with E-state index in [2.05, 4.69) is 20.3 Å². The lowest BCUT2D eigenvalue weighted by atomic mass is 10.2. The van der Waals surface area contributed by atoms with E-state index in [9.17, 15) is 9.18 Å². The molecule has 28 heavy (non-hydrogen) atoms. The van der Waals surface area contributed by atoms with Gasteiger partial charge in [0.2, 0.25) is 11.9 Å². The molecule has 144 valence electrons. The number of nitrogen functional groups attached to an aromatic ring is 1. The van der Waals surface area contributed by atoms with Crippen molar-refractivity contribution in [3.8, 4) is 5.75 Å². The number of benzene rings is 2. The monoisotopic (exact) mass is 403 g/mol. The Balaban J connectivity index is 1.73. The molecule has 1 aromatic heterocycles. The van der Waals surface area contributed by atoms with Crippen LogP contribution in [0.25, 0.3) is 0 Å². The van der Waals surface area contributed by atoms with E-state index in [1.54, 1.807) is 18.2 Å². The second kappa shape index (κ2) is 8.49. The summed E-state index contributed by atoms with van der Waals surface area (Å²) in [6, 6.07) is 10.8. The van der Waals surface area contributed by atoms with Crippen LogP contribution in [0.15, 0.2) is 42.5 Å². The third-order valence-corrected chi connectivity index (χ3v) is 3.77. The Labute approximate surface area is 164 Å². The predicted molar refractivity (Wildman–Crippen MR) is 101 cm³/mol. The molecular weight excluding hydrogens is 389 g/mol. The number of para-hydroxylation sites is 2. The van der Waals surface area contributed by atoms with Crippen LogP contribution in [0, 0.1) is 5.82 Å². The number of halogens is 2. The van der Waals surface area contributed by atoms with Crippen molar-refractivity contribution in [3.63, 3.8) is 0 Å². The molecule has 0 saturated heterocycles. The SMILES string of the molecule is COc1ccccc1Nc1nc(N)nc(COC(=O)c2ccc(Cl)cc2F)n1. The third-order valence-electron chi connectivity index (χ3n) is 3.54. The number of rotatable bonds is 6. The van der Waals surface area contributed by atoms with Gasteiger partial charge in [0.05, 0.1) is 18.4 Å². The lowest BCUT2D eigenvalue weighted by molar-refractivity contribution is 0.0457. The summed E-state index contributed by atoms with van der Waals surface area (Å²) in [7, 11) is 1.53. The van der Waals surface area contributed by atoms with Gasteiger partial charge >= 0.3 is 5.97 Å². The highest BCUT2D eigenvalue weighted by molar-refractivity contribution is 6.30. The van der Waals surface area contributed by atoms with Gasteiger partial charge in [-0.25, -0.2) is 9.18 Å². The van der Waals surface area contributed by atoms with Crippen molar-refractivity contribution in [1.82, 2.24) is 15.0 Å². The topological polar surface area (TPSA) is 112 Å². The smallest absolute Gasteiger partial charge is 0.341 e. The summed E-state index contributed by atoms with van der Waals surface area (Å²) >= 11 is 5.67. The molecule has 10 heteroatoms. The van der Waals surface area contributed by atoms with Crippen molar-refractivity contribution >= 4 is 35.2 Å². The largest absolute Gasteiger partial charge is 0.495 e. The molecule has 3 rings (SSSR count). The zero-order valence-corrected chi connectivity index (χ0v) is 15.4. The summed E-state index contributed by atoms with van der Waals surface area (Å²) in [4.78, 5) is 24.1. The van der Waals surface area contributed by atoms with Crippen LogP contribution in [-0.2, 0) is 11.3 Å². The standard InChI is InChI=1S/C18H15ClFN5O3/c1-27-14-5-3-2-4-13(14)22-18-24-15(23-17(21)25-18)9-28-16(26)11-7-6-10(19)8-12(11)20/h2-8H,9H2,1H3,(H3,21,22,23,24,25). The Morgan fingerprint density at radius 2 is 2.00 bits per heavy atom. The summed E-state index contributed by atoms with van der Waals surface area (Å²) in [5, 5.41) is 3.13. The molecule has 8 nitrogen and oxygen atoms in total. The molecule has 0 spiro atoms. The highest BCUT2D eigenvalue weighted by atomic mass is 35.5. The number of hydrogen-bond acceptors (Lipinski definition) is 8. The molecule has 0 aliphatic carbocycles. The highest BCUT2D eigenvalue weighted by Gasteiger charge is 2.15. The molecule has 0 aliphatic rings. The molecule has 0 unspecified atom stereocenters. The first kappa shape index (κ1) is 19.3. The van der Waals surface area contributed by atoms with E-state index in [1.165, 1.54) is 19.2 Å². The van der Waals surface area contributed by atoms with Gasteiger partial charge < -0.3 is 20.5 Å². The van der Waals surface area contributed by atoms with Crippen LogP contribution in [0.5, 0.6) is 5.75 Å². The zero-order chi connectivity index (χ0) is 20.1. The molecule has 1 heterocycles. The summed E-state index contributed by atoms with van der Waals surface area (Å²) in [5.74, 6) is -0.935. The first-order valence-corrected chi connectivity index (χ1v) is 8.36. The molecule has 0 radical (unpaired) electrons. The number of aromatic nitrogens is 3. The van der Waals surface area contributed by atoms with Gasteiger partial charge in [0, 0.05) is 5.02 Å². The van der Waals surface area contributed by atoms with E-state index in [-0.39, 0.29) is 34.9 Å². The number of nitrogens with zero attached hydrogens (tertiary/aromatic N) is 3. The van der Waals surface area contributed by atoms with Gasteiger partial charge in [-0.2, -0.15) is 15.0 Å². The average Bonchev–Trinajstić information content (AvgIpc) is 2.66. The molecule has 0 atom stereocenters. The van der Waals surface area contributed by atoms with Crippen molar-refractivity contribution in [2.24, 2.45) is 0 Å². The van der Waals surface area contributed by atoms with E-state index in [1.807, 2.05) is 6.07 Å². The highest BCUT2D eigenvalue weighted by Crippen LogP contribution is 2.25. The number of anilines is 3. The maximum atomic E-state index is 13.8. The number of esters is 1. The molecule has 0 bridgehead atoms. The normalized spacial score (nSPS) is 10.4. The van der Waals surface area contributed by atoms with Gasteiger partial charge in [0.15, 0.2) is 12.4 Å². The van der Waals surface area contributed by atoms with Crippen LogP contribution >= 0.6 is 11.6 Å². The Bertz CT molecular complexity index is 1020. The minimum Gasteiger partial charge on any atom is -0.495 e. The van der Waals surface area contributed by atoms with E-state index >= 15 is 0 Å². The van der Waals surface area contributed by atoms with Crippen molar-refractivity contribution in [1.29, 1.82) is 0 Å². The Hall–Kier alpha value is -3.46. The quantitative estimate of drug-likeness (QED) is 0.602. The van der Waals surface area contributed by atoms with Crippen molar-refractivity contribution in [2.75, 3.05) is 18.2 Å². The van der Waals surface area contributed by atoms with Crippen LogP contribution in [0.2, 0.25) is 5.02 Å². The minimum absolute atomic E-state index is 0.0730. The number of ether oxygens (including phenoxy) is 2. The number of hydrogen-bond donors (Lipinski definition) is 2. The number of carbonyl (C=O) groups excluding carboxylic acids is 1. The lowest BCUT2D eigenvalue weighted by Crippen LogP contribution is -2.12. The first-order valence-electron chi connectivity index (χ1n) is 7.99. The van der Waals surface area contributed by atoms with Gasteiger partial charge in [-0.15, -0.1) is 0 Å². The summed E-state index contributed by atoms with van der Waals surface area (Å²) in [6.07, 6.45) is 0. The lowest BCUT2D eigenvalue weighted by Gasteiger charge is -2.11. The molecule has 3 N–H and O–H groups in total. The molecular formula is C18H15ClFN5O3. The second-order valence-corrected chi connectivity index (χ2v) is 5.90. The number of nitrogens with two attached hydrogens (primary N) is 1. The fourth-order valence-electron chi connectivity index (χ4n) is 2.29. The van der Waals surface area contributed by atoms with Gasteiger partial charge in [0.1, 0.15) is 11.6 Å². The summed E-state index contributed by atoms with van der Waals surface area (Å²) in [6.45, 7) is -0.325. The van der Waals surface area contributed by atoms with E-state index < -0.39 is 11.8 Å². The summed E-state index contributed by atoms with van der Waals surface area (Å²) in [5.41, 5.74) is 6.05. The predicted octanol–water partition coefficient (Wildman–Crippen LogP) is 3.36. The third kappa shape index (κ3) is 4.63. The molecule has 0 amide bonds. The van der Waals surface area contributed by atoms with Crippen molar-refractivity contribution in [3.05, 3.63) is 64.7 Å². The first-order chi connectivity index (χ1) is 13.5. The Kier molecular flexibility index (Phi) is 5.85. The number of methoxy groups -OCH3 is 1.